The average molecular weight is 791 g/mol. The van der Waals surface area contributed by atoms with Crippen molar-refractivity contribution in [1.82, 2.24) is 19.6 Å². The summed E-state index contributed by atoms with van der Waals surface area (Å²) in [5, 5.41) is 0. The van der Waals surface area contributed by atoms with Gasteiger partial charge in [-0.25, -0.2) is 4.79 Å². The molecule has 0 aromatic heterocycles. The summed E-state index contributed by atoms with van der Waals surface area (Å²) in [6.07, 6.45) is 43.0. The molecule has 59 heavy (non-hydrogen) atoms. The minimum atomic E-state index is -0.516. The third-order valence-electron chi connectivity index (χ3n) is 13.6. The lowest BCUT2D eigenvalue weighted by Gasteiger charge is -2.37. The zero-order chi connectivity index (χ0) is 41.5. The van der Waals surface area contributed by atoms with Gasteiger partial charge in [0.05, 0.1) is 12.1 Å². The van der Waals surface area contributed by atoms with Crippen molar-refractivity contribution in [3.63, 3.8) is 0 Å². The summed E-state index contributed by atoms with van der Waals surface area (Å²) < 4.78 is 0. The number of carbonyl (C=O) groups is 3. The molecule has 5 aliphatic carbocycles. The lowest BCUT2D eigenvalue weighted by Crippen LogP contribution is -2.58. The molecule has 6 atom stereocenters. The number of amides is 4. The average Bonchev–Trinajstić information content (AvgIpc) is 3.88. The Morgan fingerprint density at radius 3 is 1.59 bits per heavy atom. The van der Waals surface area contributed by atoms with Gasteiger partial charge in [0, 0.05) is 47.9 Å². The summed E-state index contributed by atoms with van der Waals surface area (Å²) >= 11 is 0. The lowest BCUT2D eigenvalue weighted by molar-refractivity contribution is -0.137. The van der Waals surface area contributed by atoms with Crippen LogP contribution in [0.5, 0.6) is 0 Å². The summed E-state index contributed by atoms with van der Waals surface area (Å²) in [7, 11) is 0. The number of carbonyl (C=O) groups excluding carboxylic acids is 3. The molecule has 0 radical (unpaired) electrons. The number of imide groups is 2. The predicted octanol–water partition coefficient (Wildman–Crippen LogP) is 10.7. The first-order valence-electron chi connectivity index (χ1n) is 22.5. The maximum atomic E-state index is 14.7. The zero-order valence-corrected chi connectivity index (χ0v) is 36.2. The van der Waals surface area contributed by atoms with Gasteiger partial charge >= 0.3 is 6.03 Å². The first kappa shape index (κ1) is 40.6. The maximum absolute atomic E-state index is 14.7. The quantitative estimate of drug-likeness (QED) is 0.146. The van der Waals surface area contributed by atoms with Crippen molar-refractivity contribution in [3.8, 4) is 0 Å². The SMILES string of the molecule is CCCCN1C(=O)C(=C2/C(=C/C=C3\C4=CC=CC5=CC=CC(C54)N3C(C)CCC)CC/C2=C\C=C2/C3=CC=CC4=CC=CC(C43)N2C(C)CCC)C(=O)N(C(C)C)C1=O. The van der Waals surface area contributed by atoms with E-state index in [1.165, 1.54) is 43.5 Å². The smallest absolute Gasteiger partial charge is 0.334 e. The van der Waals surface area contributed by atoms with Gasteiger partial charge < -0.3 is 9.80 Å². The molecule has 8 aliphatic rings. The van der Waals surface area contributed by atoms with Crippen LogP contribution in [0.15, 0.2) is 153 Å². The van der Waals surface area contributed by atoms with Crippen LogP contribution in [0.4, 0.5) is 4.79 Å². The van der Waals surface area contributed by atoms with E-state index in [2.05, 4.69) is 142 Å². The van der Waals surface area contributed by atoms with Crippen molar-refractivity contribution in [2.45, 2.75) is 130 Å². The van der Waals surface area contributed by atoms with Crippen LogP contribution in [0.3, 0.4) is 0 Å². The van der Waals surface area contributed by atoms with Gasteiger partial charge in [0.2, 0.25) is 0 Å². The fourth-order valence-corrected chi connectivity index (χ4v) is 10.9. The second-order valence-electron chi connectivity index (χ2n) is 17.7. The van der Waals surface area contributed by atoms with Crippen LogP contribution in [0, 0.1) is 11.8 Å². The second kappa shape index (κ2) is 16.8. The molecule has 7 heteroatoms. The summed E-state index contributed by atoms with van der Waals surface area (Å²) in [4.78, 5) is 51.1. The van der Waals surface area contributed by atoms with Crippen LogP contribution in [0.2, 0.25) is 0 Å². The van der Waals surface area contributed by atoms with Gasteiger partial charge in [-0.15, -0.1) is 0 Å². The van der Waals surface area contributed by atoms with E-state index in [0.29, 0.717) is 36.9 Å². The number of barbiturate groups is 1. The molecule has 308 valence electrons. The Bertz CT molecular complexity index is 2090. The highest BCUT2D eigenvalue weighted by atomic mass is 16.2. The van der Waals surface area contributed by atoms with Crippen LogP contribution in [0.1, 0.15) is 99.8 Å². The highest BCUT2D eigenvalue weighted by Crippen LogP contribution is 2.50. The van der Waals surface area contributed by atoms with Gasteiger partial charge in [0.25, 0.3) is 11.8 Å². The number of unbranched alkanes of at least 4 members (excludes halogenated alkanes) is 1. The predicted molar refractivity (Wildman–Crippen MR) is 238 cm³/mol. The normalized spacial score (nSPS) is 29.5. The van der Waals surface area contributed by atoms with Gasteiger partial charge in [-0.2, -0.15) is 0 Å². The Kier molecular flexibility index (Phi) is 11.6. The van der Waals surface area contributed by atoms with E-state index in [1.54, 1.807) is 0 Å². The molecule has 0 spiro atoms. The molecule has 6 unspecified atom stereocenters. The number of hydrogen-bond acceptors (Lipinski definition) is 5. The summed E-state index contributed by atoms with van der Waals surface area (Å²) in [6, 6.07) is 0.218. The lowest BCUT2D eigenvalue weighted by atomic mass is 9.81. The number of allylic oxidation sites excluding steroid dienone is 19. The third kappa shape index (κ3) is 6.98. The van der Waals surface area contributed by atoms with Crippen molar-refractivity contribution < 1.29 is 14.4 Å². The molecular weight excluding hydrogens is 729 g/mol. The molecule has 0 N–H and O–H groups in total. The molecule has 7 nitrogen and oxygen atoms in total. The van der Waals surface area contributed by atoms with E-state index < -0.39 is 23.9 Å². The van der Waals surface area contributed by atoms with E-state index in [-0.39, 0.29) is 36.0 Å². The number of likely N-dealkylation sites (tertiary alicyclic amines) is 2. The van der Waals surface area contributed by atoms with Crippen LogP contribution < -0.4 is 0 Å². The Hall–Kier alpha value is -5.17. The first-order chi connectivity index (χ1) is 28.6. The molecule has 4 fully saturated rings. The molecule has 0 bridgehead atoms. The van der Waals surface area contributed by atoms with E-state index >= 15 is 0 Å². The van der Waals surface area contributed by atoms with E-state index in [1.807, 2.05) is 13.8 Å². The number of urea groups is 1. The first-order valence-corrected chi connectivity index (χ1v) is 22.5. The van der Waals surface area contributed by atoms with E-state index in [0.717, 1.165) is 43.3 Å². The molecule has 3 aliphatic heterocycles. The van der Waals surface area contributed by atoms with Crippen molar-refractivity contribution in [2.75, 3.05) is 6.54 Å². The fraction of sp³-hybridized carbons (Fsp3) is 0.442. The minimum absolute atomic E-state index is 0.120. The topological polar surface area (TPSA) is 64.2 Å². The number of nitrogens with zero attached hydrogens (tertiary/aromatic N) is 4. The zero-order valence-electron chi connectivity index (χ0n) is 36.2. The van der Waals surface area contributed by atoms with Crippen LogP contribution in [-0.2, 0) is 9.59 Å². The van der Waals surface area contributed by atoms with Crippen LogP contribution >= 0.6 is 0 Å². The Morgan fingerprint density at radius 2 is 1.14 bits per heavy atom. The van der Waals surface area contributed by atoms with Gasteiger partial charge in [-0.05, 0) is 111 Å². The molecule has 8 rings (SSSR count). The molecule has 3 heterocycles. The number of rotatable bonds is 12. The largest absolute Gasteiger partial charge is 0.361 e. The van der Waals surface area contributed by atoms with Gasteiger partial charge in [-0.3, -0.25) is 19.4 Å². The molecule has 3 saturated heterocycles. The van der Waals surface area contributed by atoms with Crippen molar-refractivity contribution >= 4 is 17.8 Å². The molecule has 4 amide bonds. The highest BCUT2D eigenvalue weighted by molar-refractivity contribution is 6.30. The highest BCUT2D eigenvalue weighted by Gasteiger charge is 2.48. The van der Waals surface area contributed by atoms with Gasteiger partial charge in [0.1, 0.15) is 5.57 Å². The van der Waals surface area contributed by atoms with Crippen LogP contribution in [0.25, 0.3) is 0 Å². The van der Waals surface area contributed by atoms with Crippen molar-refractivity contribution in [1.29, 1.82) is 0 Å². The van der Waals surface area contributed by atoms with Crippen molar-refractivity contribution in [3.05, 3.63) is 153 Å². The molecule has 1 saturated carbocycles. The Labute approximate surface area is 352 Å². The minimum Gasteiger partial charge on any atom is -0.361 e. The fourth-order valence-electron chi connectivity index (χ4n) is 10.9. The Morgan fingerprint density at radius 1 is 0.627 bits per heavy atom. The van der Waals surface area contributed by atoms with E-state index in [9.17, 15) is 14.4 Å². The standard InChI is InChI=1S/C52H62N4O3/c1-8-11-32-53-50(57)49(51(58)54(33(4)5)52(53)59)46-38(28-30-42-40-22-12-18-36-20-14-24-44(47(36)40)55(42)34(6)16-9-2)26-27-39(46)29-31-43-41-23-13-19-37-21-15-25-45(48(37)41)56(43)35(7)17-10-3/h12-15,18-25,28-31,33-35,44-45,47-48H,8-11,16-17,26-27,32H2,1-7H3/b38-28+,39-29+,42-30+,43-31+,49-46?. The summed E-state index contributed by atoms with van der Waals surface area (Å²) in [6.45, 7) is 15.2. The third-order valence-corrected chi connectivity index (χ3v) is 13.6. The molecule has 0 aromatic carbocycles. The van der Waals surface area contributed by atoms with Gasteiger partial charge in [-0.1, -0.05) is 125 Å². The molecular formula is C52H62N4O3. The summed E-state index contributed by atoms with van der Waals surface area (Å²) in [5.74, 6) is -0.417. The maximum Gasteiger partial charge on any atom is 0.334 e. The monoisotopic (exact) mass is 790 g/mol. The van der Waals surface area contributed by atoms with Crippen LogP contribution in [-0.4, -0.2) is 74.2 Å². The van der Waals surface area contributed by atoms with Gasteiger partial charge in [0.15, 0.2) is 0 Å². The Balaban J connectivity index is 1.30. The van der Waals surface area contributed by atoms with Crippen molar-refractivity contribution in [2.24, 2.45) is 11.8 Å². The summed E-state index contributed by atoms with van der Waals surface area (Å²) in [5.41, 5.74) is 10.4. The molecule has 0 aromatic rings. The number of hydrogen-bond donors (Lipinski definition) is 0. The van der Waals surface area contributed by atoms with E-state index in [4.69, 9.17) is 0 Å². The second-order valence-corrected chi connectivity index (χ2v) is 17.7.